The summed E-state index contributed by atoms with van der Waals surface area (Å²) in [5, 5.41) is 9.07. The molecule has 1 saturated heterocycles. The first-order valence-corrected chi connectivity index (χ1v) is 6.19. The van der Waals surface area contributed by atoms with Gasteiger partial charge in [0.25, 0.3) is 0 Å². The number of carbonyl (C=O) groups excluding carboxylic acids is 1. The van der Waals surface area contributed by atoms with E-state index in [1.807, 2.05) is 4.90 Å². The summed E-state index contributed by atoms with van der Waals surface area (Å²) in [5.41, 5.74) is 12.0. The molecule has 0 spiro atoms. The lowest BCUT2D eigenvalue weighted by molar-refractivity contribution is -0.119. The van der Waals surface area contributed by atoms with E-state index in [1.165, 1.54) is 6.07 Å². The molecule has 1 amide bonds. The zero-order chi connectivity index (χ0) is 14.0. The van der Waals surface area contributed by atoms with Crippen molar-refractivity contribution < 1.29 is 14.7 Å². The van der Waals surface area contributed by atoms with Crippen molar-refractivity contribution in [1.29, 1.82) is 0 Å². The summed E-state index contributed by atoms with van der Waals surface area (Å²) in [6, 6.07) is 4.40. The Labute approximate surface area is 111 Å². The van der Waals surface area contributed by atoms with E-state index >= 15 is 0 Å². The number of carboxylic acid groups (broad SMARTS) is 1. The van der Waals surface area contributed by atoms with Crippen LogP contribution in [0.15, 0.2) is 18.2 Å². The minimum Gasteiger partial charge on any atom is -0.478 e. The second kappa shape index (κ2) is 5.17. The molecule has 1 atom stereocenters. The quantitative estimate of drug-likeness (QED) is 0.699. The number of carboxylic acids is 1. The molecule has 1 aliphatic rings. The molecule has 1 fully saturated rings. The van der Waals surface area contributed by atoms with Crippen molar-refractivity contribution in [1.82, 2.24) is 0 Å². The summed E-state index contributed by atoms with van der Waals surface area (Å²) in [7, 11) is 0. The molecule has 0 aliphatic carbocycles. The number of amides is 1. The van der Waals surface area contributed by atoms with Crippen molar-refractivity contribution in [3.63, 3.8) is 0 Å². The van der Waals surface area contributed by atoms with E-state index in [0.717, 1.165) is 12.8 Å². The number of piperidine rings is 1. The highest BCUT2D eigenvalue weighted by Crippen LogP contribution is 2.27. The van der Waals surface area contributed by atoms with Gasteiger partial charge >= 0.3 is 5.97 Å². The van der Waals surface area contributed by atoms with Crippen LogP contribution in [-0.4, -0.2) is 29.6 Å². The standard InChI is InChI=1S/C13H17N3O3/c14-10-5-4-8(7-9(10)13(18)19)16-6-2-1-3-11(16)12(15)17/h4-5,7,11H,1-3,6,14H2,(H2,15,17)(H,18,19). The van der Waals surface area contributed by atoms with Crippen LogP contribution in [0.4, 0.5) is 11.4 Å². The highest BCUT2D eigenvalue weighted by atomic mass is 16.4. The Balaban J connectivity index is 2.36. The zero-order valence-corrected chi connectivity index (χ0v) is 10.5. The van der Waals surface area contributed by atoms with Crippen LogP contribution >= 0.6 is 0 Å². The maximum absolute atomic E-state index is 11.5. The van der Waals surface area contributed by atoms with E-state index in [-0.39, 0.29) is 23.2 Å². The number of rotatable bonds is 3. The van der Waals surface area contributed by atoms with Crippen LogP contribution < -0.4 is 16.4 Å². The number of nitrogen functional groups attached to an aromatic ring is 1. The van der Waals surface area contributed by atoms with E-state index in [2.05, 4.69) is 0 Å². The molecule has 0 saturated carbocycles. The number of aromatic carboxylic acids is 1. The highest BCUT2D eigenvalue weighted by Gasteiger charge is 2.27. The van der Waals surface area contributed by atoms with Gasteiger partial charge < -0.3 is 21.5 Å². The molecular weight excluding hydrogens is 246 g/mol. The first-order valence-electron chi connectivity index (χ1n) is 6.19. The van der Waals surface area contributed by atoms with Crippen molar-refractivity contribution in [2.75, 3.05) is 17.2 Å². The Hall–Kier alpha value is -2.24. The van der Waals surface area contributed by atoms with Crippen LogP contribution in [0.2, 0.25) is 0 Å². The topological polar surface area (TPSA) is 110 Å². The number of hydrogen-bond donors (Lipinski definition) is 3. The van der Waals surface area contributed by atoms with Crippen LogP contribution in [0.3, 0.4) is 0 Å². The maximum Gasteiger partial charge on any atom is 0.337 e. The van der Waals surface area contributed by atoms with Crippen molar-refractivity contribution >= 4 is 23.3 Å². The van der Waals surface area contributed by atoms with Gasteiger partial charge in [-0.15, -0.1) is 0 Å². The lowest BCUT2D eigenvalue weighted by atomic mass is 10.00. The molecule has 1 aromatic rings. The molecule has 0 aromatic heterocycles. The molecule has 1 aromatic carbocycles. The van der Waals surface area contributed by atoms with Crippen LogP contribution in [0.5, 0.6) is 0 Å². The summed E-state index contributed by atoms with van der Waals surface area (Å²) in [6.45, 7) is 0.691. The molecule has 6 nitrogen and oxygen atoms in total. The SMILES string of the molecule is NC(=O)C1CCCCN1c1ccc(N)c(C(=O)O)c1. The number of primary amides is 1. The predicted molar refractivity (Wildman–Crippen MR) is 72.0 cm³/mol. The van der Waals surface area contributed by atoms with Gasteiger partial charge in [-0.2, -0.15) is 0 Å². The fraction of sp³-hybridized carbons (Fsp3) is 0.385. The number of benzene rings is 1. The summed E-state index contributed by atoms with van der Waals surface area (Å²) in [4.78, 5) is 24.4. The molecule has 1 unspecified atom stereocenters. The van der Waals surface area contributed by atoms with Gasteiger partial charge in [0.1, 0.15) is 6.04 Å². The second-order valence-corrected chi connectivity index (χ2v) is 4.68. The van der Waals surface area contributed by atoms with Crippen molar-refractivity contribution in [3.05, 3.63) is 23.8 Å². The van der Waals surface area contributed by atoms with E-state index in [4.69, 9.17) is 16.6 Å². The van der Waals surface area contributed by atoms with Gasteiger partial charge in [-0.25, -0.2) is 4.79 Å². The van der Waals surface area contributed by atoms with Gasteiger partial charge in [0, 0.05) is 17.9 Å². The van der Waals surface area contributed by atoms with Gasteiger partial charge in [-0.05, 0) is 37.5 Å². The molecule has 6 heteroatoms. The Kier molecular flexibility index (Phi) is 3.59. The van der Waals surface area contributed by atoms with Crippen LogP contribution in [-0.2, 0) is 4.79 Å². The minimum absolute atomic E-state index is 0.0475. The van der Waals surface area contributed by atoms with Crippen LogP contribution in [0, 0.1) is 0 Å². The normalized spacial score (nSPS) is 19.2. The Morgan fingerprint density at radius 1 is 1.32 bits per heavy atom. The molecule has 0 bridgehead atoms. The molecule has 1 aliphatic heterocycles. The van der Waals surface area contributed by atoms with Crippen molar-refractivity contribution in [3.8, 4) is 0 Å². The molecule has 1 heterocycles. The molecule has 5 N–H and O–H groups in total. The van der Waals surface area contributed by atoms with Crippen LogP contribution in [0.1, 0.15) is 29.6 Å². The van der Waals surface area contributed by atoms with Gasteiger partial charge in [0.15, 0.2) is 0 Å². The fourth-order valence-corrected chi connectivity index (χ4v) is 2.44. The molecule has 19 heavy (non-hydrogen) atoms. The first-order chi connectivity index (χ1) is 9.00. The zero-order valence-electron chi connectivity index (χ0n) is 10.5. The van der Waals surface area contributed by atoms with Gasteiger partial charge in [-0.1, -0.05) is 0 Å². The Bertz CT molecular complexity index is 516. The number of nitrogens with two attached hydrogens (primary N) is 2. The number of nitrogens with zero attached hydrogens (tertiary/aromatic N) is 1. The first kappa shape index (κ1) is 13.2. The fourth-order valence-electron chi connectivity index (χ4n) is 2.44. The molecular formula is C13H17N3O3. The second-order valence-electron chi connectivity index (χ2n) is 4.68. The van der Waals surface area contributed by atoms with Gasteiger partial charge in [0.05, 0.1) is 5.56 Å². The third-order valence-corrected chi connectivity index (χ3v) is 3.43. The minimum atomic E-state index is -1.08. The smallest absolute Gasteiger partial charge is 0.337 e. The lowest BCUT2D eigenvalue weighted by Gasteiger charge is -2.35. The Morgan fingerprint density at radius 2 is 2.05 bits per heavy atom. The average molecular weight is 263 g/mol. The summed E-state index contributed by atoms with van der Waals surface area (Å²) in [6.07, 6.45) is 2.60. The van der Waals surface area contributed by atoms with E-state index < -0.39 is 5.97 Å². The number of hydrogen-bond acceptors (Lipinski definition) is 4. The monoisotopic (exact) mass is 263 g/mol. The molecule has 102 valence electrons. The third-order valence-electron chi connectivity index (χ3n) is 3.43. The number of anilines is 2. The maximum atomic E-state index is 11.5. The van der Waals surface area contributed by atoms with Crippen molar-refractivity contribution in [2.24, 2.45) is 5.73 Å². The van der Waals surface area contributed by atoms with E-state index in [0.29, 0.717) is 18.7 Å². The highest BCUT2D eigenvalue weighted by molar-refractivity contribution is 5.95. The summed E-state index contributed by atoms with van der Waals surface area (Å²) in [5.74, 6) is -1.46. The summed E-state index contributed by atoms with van der Waals surface area (Å²) >= 11 is 0. The molecule has 2 rings (SSSR count). The van der Waals surface area contributed by atoms with Crippen LogP contribution in [0.25, 0.3) is 0 Å². The van der Waals surface area contributed by atoms with Gasteiger partial charge in [-0.3, -0.25) is 4.79 Å². The van der Waals surface area contributed by atoms with Gasteiger partial charge in [0.2, 0.25) is 5.91 Å². The Morgan fingerprint density at radius 3 is 2.68 bits per heavy atom. The molecule has 0 radical (unpaired) electrons. The predicted octanol–water partition coefficient (Wildman–Crippen LogP) is 0.811. The summed E-state index contributed by atoms with van der Waals surface area (Å²) < 4.78 is 0. The largest absolute Gasteiger partial charge is 0.478 e. The average Bonchev–Trinajstić information content (AvgIpc) is 2.39. The van der Waals surface area contributed by atoms with E-state index in [9.17, 15) is 9.59 Å². The van der Waals surface area contributed by atoms with Crippen molar-refractivity contribution in [2.45, 2.75) is 25.3 Å². The number of carbonyl (C=O) groups is 2. The third kappa shape index (κ3) is 2.62. The lowest BCUT2D eigenvalue weighted by Crippen LogP contribution is -2.47. The van der Waals surface area contributed by atoms with E-state index in [1.54, 1.807) is 12.1 Å².